The Labute approximate surface area is 74.6 Å². The van der Waals surface area contributed by atoms with Crippen molar-refractivity contribution in [1.29, 1.82) is 0 Å². The van der Waals surface area contributed by atoms with Gasteiger partial charge in [-0.25, -0.2) is 8.78 Å². The van der Waals surface area contributed by atoms with Gasteiger partial charge < -0.3 is 0 Å². The molecule has 0 aromatic carbocycles. The summed E-state index contributed by atoms with van der Waals surface area (Å²) in [5.41, 5.74) is 0.595. The largest absolute Gasteiger partial charge is 0.293 e. The molecule has 2 nitrogen and oxygen atoms in total. The number of carbonyl (C=O) groups is 1. The average molecular weight is 185 g/mol. The minimum atomic E-state index is -2.53. The molecule has 4 heteroatoms. The molecular formula is C9H9F2NO. The zero-order valence-corrected chi connectivity index (χ0v) is 7.34. The van der Waals surface area contributed by atoms with Gasteiger partial charge in [-0.1, -0.05) is 0 Å². The maximum Gasteiger partial charge on any atom is 0.265 e. The maximum atomic E-state index is 12.2. The van der Waals surface area contributed by atoms with Crippen LogP contribution in [0.25, 0.3) is 0 Å². The van der Waals surface area contributed by atoms with Crippen LogP contribution in [0.2, 0.25) is 0 Å². The van der Waals surface area contributed by atoms with Crippen molar-refractivity contribution in [2.75, 3.05) is 0 Å². The van der Waals surface area contributed by atoms with E-state index in [9.17, 15) is 13.6 Å². The van der Waals surface area contributed by atoms with E-state index in [1.54, 1.807) is 6.92 Å². The van der Waals surface area contributed by atoms with Gasteiger partial charge in [-0.2, -0.15) is 0 Å². The highest BCUT2D eigenvalue weighted by Crippen LogP contribution is 2.19. The van der Waals surface area contributed by atoms with E-state index >= 15 is 0 Å². The number of carbonyl (C=O) groups excluding carboxylic acids is 1. The van der Waals surface area contributed by atoms with E-state index in [1.165, 1.54) is 13.0 Å². The molecule has 0 unspecified atom stereocenters. The lowest BCUT2D eigenvalue weighted by molar-refractivity contribution is 0.101. The minimum Gasteiger partial charge on any atom is -0.293 e. The van der Waals surface area contributed by atoms with E-state index in [4.69, 9.17) is 0 Å². The molecule has 0 spiro atoms. The van der Waals surface area contributed by atoms with Gasteiger partial charge in [0, 0.05) is 18.7 Å². The van der Waals surface area contributed by atoms with Crippen LogP contribution in [0.15, 0.2) is 12.3 Å². The monoisotopic (exact) mass is 185 g/mol. The van der Waals surface area contributed by atoms with Crippen LogP contribution in [0, 0.1) is 6.92 Å². The number of ketones is 1. The highest BCUT2D eigenvalue weighted by Gasteiger charge is 2.11. The standard InChI is InChI=1S/C9H9F2NO/c1-5-3-7(9(10)11)4-12-8(5)6(2)13/h3-4,9H,1-2H3. The first-order chi connectivity index (χ1) is 6.02. The van der Waals surface area contributed by atoms with Crippen molar-refractivity contribution in [2.45, 2.75) is 20.3 Å². The number of nitrogens with zero attached hydrogens (tertiary/aromatic N) is 1. The molecule has 0 atom stereocenters. The lowest BCUT2D eigenvalue weighted by atomic mass is 10.1. The third-order valence-electron chi connectivity index (χ3n) is 1.68. The van der Waals surface area contributed by atoms with E-state index in [0.29, 0.717) is 5.56 Å². The quantitative estimate of drug-likeness (QED) is 0.662. The first-order valence-electron chi connectivity index (χ1n) is 3.78. The summed E-state index contributed by atoms with van der Waals surface area (Å²) in [6.45, 7) is 2.95. The van der Waals surface area contributed by atoms with Gasteiger partial charge in [-0.15, -0.1) is 0 Å². The molecule has 0 saturated carbocycles. The van der Waals surface area contributed by atoms with Gasteiger partial charge in [0.05, 0.1) is 0 Å². The summed E-state index contributed by atoms with van der Waals surface area (Å²) in [6, 6.07) is 1.29. The number of Topliss-reactive ketones (excluding diaryl/α,β-unsaturated/α-hetero) is 1. The van der Waals surface area contributed by atoms with Gasteiger partial charge in [-0.3, -0.25) is 9.78 Å². The van der Waals surface area contributed by atoms with Gasteiger partial charge in [-0.05, 0) is 18.6 Å². The van der Waals surface area contributed by atoms with Crippen LogP contribution >= 0.6 is 0 Å². The van der Waals surface area contributed by atoms with Crippen LogP contribution < -0.4 is 0 Å². The van der Waals surface area contributed by atoms with Gasteiger partial charge in [0.25, 0.3) is 6.43 Å². The van der Waals surface area contributed by atoms with Crippen molar-refractivity contribution in [1.82, 2.24) is 4.98 Å². The summed E-state index contributed by atoms with van der Waals surface area (Å²) in [5.74, 6) is -0.210. The minimum absolute atomic E-state index is 0.150. The Bertz CT molecular complexity index is 336. The van der Waals surface area contributed by atoms with Gasteiger partial charge in [0.1, 0.15) is 5.69 Å². The molecule has 0 aliphatic carbocycles. The summed E-state index contributed by atoms with van der Waals surface area (Å²) in [7, 11) is 0. The molecule has 1 aromatic heterocycles. The van der Waals surface area contributed by atoms with Crippen LogP contribution in [0.1, 0.15) is 35.0 Å². The fraction of sp³-hybridized carbons (Fsp3) is 0.333. The number of alkyl halides is 2. The number of pyridine rings is 1. The predicted molar refractivity (Wildman–Crippen MR) is 43.9 cm³/mol. The van der Waals surface area contributed by atoms with E-state index in [-0.39, 0.29) is 17.0 Å². The fourth-order valence-electron chi connectivity index (χ4n) is 1.08. The first kappa shape index (κ1) is 9.77. The second kappa shape index (κ2) is 3.60. The van der Waals surface area contributed by atoms with Crippen molar-refractivity contribution < 1.29 is 13.6 Å². The van der Waals surface area contributed by atoms with Crippen molar-refractivity contribution in [3.63, 3.8) is 0 Å². The molecule has 0 aliphatic heterocycles. The van der Waals surface area contributed by atoms with Crippen LogP contribution in [-0.4, -0.2) is 10.8 Å². The predicted octanol–water partition coefficient (Wildman–Crippen LogP) is 2.53. The van der Waals surface area contributed by atoms with Gasteiger partial charge in [0.15, 0.2) is 5.78 Å². The molecule has 0 saturated heterocycles. The third kappa shape index (κ3) is 2.08. The Kier molecular flexibility index (Phi) is 2.70. The lowest BCUT2D eigenvalue weighted by Gasteiger charge is -2.03. The zero-order valence-electron chi connectivity index (χ0n) is 7.34. The molecular weight excluding hydrogens is 176 g/mol. The van der Waals surface area contributed by atoms with Gasteiger partial charge >= 0.3 is 0 Å². The molecule has 0 amide bonds. The third-order valence-corrected chi connectivity index (χ3v) is 1.68. The van der Waals surface area contributed by atoms with E-state index in [1.807, 2.05) is 0 Å². The van der Waals surface area contributed by atoms with Crippen LogP contribution in [0.4, 0.5) is 8.78 Å². The van der Waals surface area contributed by atoms with Gasteiger partial charge in [0.2, 0.25) is 0 Å². The molecule has 0 fully saturated rings. The summed E-state index contributed by atoms with van der Waals surface area (Å²) in [4.78, 5) is 14.6. The molecule has 0 aliphatic rings. The number of hydrogen-bond acceptors (Lipinski definition) is 2. The summed E-state index contributed by atoms with van der Waals surface area (Å²) < 4.78 is 24.3. The Morgan fingerprint density at radius 2 is 2.15 bits per heavy atom. The number of halogens is 2. The second-order valence-electron chi connectivity index (χ2n) is 2.79. The second-order valence-corrected chi connectivity index (χ2v) is 2.79. The highest BCUT2D eigenvalue weighted by molar-refractivity contribution is 5.93. The average Bonchev–Trinajstić information content (AvgIpc) is 2.03. The smallest absolute Gasteiger partial charge is 0.265 e. The molecule has 1 heterocycles. The lowest BCUT2D eigenvalue weighted by Crippen LogP contribution is -2.01. The summed E-state index contributed by atoms with van der Waals surface area (Å²) in [5, 5.41) is 0. The van der Waals surface area contributed by atoms with Crippen molar-refractivity contribution >= 4 is 5.78 Å². The molecule has 0 radical (unpaired) electrons. The molecule has 70 valence electrons. The normalized spacial score (nSPS) is 10.5. The Morgan fingerprint density at radius 3 is 2.54 bits per heavy atom. The highest BCUT2D eigenvalue weighted by atomic mass is 19.3. The fourth-order valence-corrected chi connectivity index (χ4v) is 1.08. The SMILES string of the molecule is CC(=O)c1ncc(C(F)F)cc1C. The number of aromatic nitrogens is 1. The zero-order chi connectivity index (χ0) is 10.0. The molecule has 13 heavy (non-hydrogen) atoms. The van der Waals surface area contributed by atoms with Crippen molar-refractivity contribution in [3.05, 3.63) is 29.1 Å². The number of rotatable bonds is 2. The molecule has 0 bridgehead atoms. The Balaban J connectivity index is 3.13. The summed E-state index contributed by atoms with van der Waals surface area (Å²) >= 11 is 0. The van der Waals surface area contributed by atoms with E-state index < -0.39 is 6.43 Å². The number of hydrogen-bond donors (Lipinski definition) is 0. The van der Waals surface area contributed by atoms with Crippen LogP contribution in [-0.2, 0) is 0 Å². The van der Waals surface area contributed by atoms with E-state index in [0.717, 1.165) is 6.20 Å². The van der Waals surface area contributed by atoms with E-state index in [2.05, 4.69) is 4.98 Å². The van der Waals surface area contributed by atoms with Crippen LogP contribution in [0.3, 0.4) is 0 Å². The molecule has 0 N–H and O–H groups in total. The topological polar surface area (TPSA) is 30.0 Å². The molecule has 1 aromatic rings. The summed E-state index contributed by atoms with van der Waals surface area (Å²) in [6.07, 6.45) is -1.50. The van der Waals surface area contributed by atoms with Crippen molar-refractivity contribution in [2.24, 2.45) is 0 Å². The first-order valence-corrected chi connectivity index (χ1v) is 3.78. The van der Waals surface area contributed by atoms with Crippen LogP contribution in [0.5, 0.6) is 0 Å². The Morgan fingerprint density at radius 1 is 1.54 bits per heavy atom. The Hall–Kier alpha value is -1.32. The molecule has 1 rings (SSSR count). The van der Waals surface area contributed by atoms with Crippen molar-refractivity contribution in [3.8, 4) is 0 Å². The number of aryl methyl sites for hydroxylation is 1. The maximum absolute atomic E-state index is 12.2.